The van der Waals surface area contributed by atoms with Crippen LogP contribution in [0.3, 0.4) is 0 Å². The first-order chi connectivity index (χ1) is 22.1. The maximum atomic E-state index is 14.6. The summed E-state index contributed by atoms with van der Waals surface area (Å²) in [7, 11) is -2.18. The number of hydrogen-bond donors (Lipinski definition) is 2. The van der Waals surface area contributed by atoms with Crippen LogP contribution in [-0.2, 0) is 18.7 Å². The van der Waals surface area contributed by atoms with Gasteiger partial charge in [0.15, 0.2) is 26.0 Å². The first-order valence-corrected chi connectivity index (χ1v) is 20.9. The van der Waals surface area contributed by atoms with Crippen molar-refractivity contribution >= 4 is 31.7 Å². The Labute approximate surface area is 281 Å². The number of allylic oxidation sites excluding steroid dienone is 2. The standard InChI is InChI=1S/C38H54N2O6Si/c1-9-11-33-45-32-18-28-27-15-14-24-16-29-23(21-39-40(29)25-12-10-13-26(41)17-25)19-36(24,5)34(27)30(42)20-37(28,6)38(32,46-33)31(43)22-44-47(7,8)35(2,3)4/h10,12-13,16-17,21,23,27-28,30,32-34,42H,9,11,14-15,18-20,22H2,1-8H3/p+1/t23?,27-,28-,30-,32+,33?,34+,36-,37-,38+/m0/s1. The summed E-state index contributed by atoms with van der Waals surface area (Å²) in [5.41, 5.74) is 1.51. The molecule has 8 nitrogen and oxygen atoms in total. The molecule has 47 heavy (non-hydrogen) atoms. The predicted octanol–water partition coefficient (Wildman–Crippen LogP) is 7.12. The molecule has 3 saturated carbocycles. The minimum atomic E-state index is -2.18. The third-order valence-electron chi connectivity index (χ3n) is 13.8. The minimum Gasteiger partial charge on any atom is -0.508 e. The molecule has 2 N–H and O–H groups in total. The Morgan fingerprint density at radius 2 is 1.98 bits per heavy atom. The fourth-order valence-corrected chi connectivity index (χ4v) is 11.4. The molecule has 2 unspecified atom stereocenters. The number of phenolic OH excluding ortho intramolecular Hbond substituents is 1. The number of phenols is 1. The number of benzene rings is 1. The molecule has 0 radical (unpaired) electrons. The van der Waals surface area contributed by atoms with E-state index in [-0.39, 0.29) is 58.4 Å². The molecule has 0 spiro atoms. The largest absolute Gasteiger partial charge is 0.508 e. The topological polar surface area (TPSA) is 101 Å². The van der Waals surface area contributed by atoms with Gasteiger partial charge in [0.1, 0.15) is 5.75 Å². The van der Waals surface area contributed by atoms with Gasteiger partial charge in [0.05, 0.1) is 37.0 Å². The van der Waals surface area contributed by atoms with Gasteiger partial charge in [0, 0.05) is 17.6 Å². The SMILES string of the molecule is CCCC1O[C@@H]2C[C@H]3[C@@H]4CCC5=CC6=[N+](c7cccc(O)c7)N=CC6C[C@]5(C)[C@H]4[C@@H](O)C[C@]3(C)[C@]2(C(=O)CO[Si](C)(C)C(C)(C)C)O1. The van der Waals surface area contributed by atoms with Crippen LogP contribution in [0.4, 0.5) is 5.69 Å². The van der Waals surface area contributed by atoms with Crippen molar-refractivity contribution in [1.82, 2.24) is 0 Å². The zero-order chi connectivity index (χ0) is 33.7. The van der Waals surface area contributed by atoms with Gasteiger partial charge in [-0.25, -0.2) is 0 Å². The molecule has 4 aliphatic carbocycles. The Morgan fingerprint density at radius 3 is 2.68 bits per heavy atom. The van der Waals surface area contributed by atoms with Crippen molar-refractivity contribution in [3.05, 3.63) is 35.9 Å². The second kappa shape index (κ2) is 11.2. The number of carbonyl (C=O) groups excluding carboxylic acids is 1. The third kappa shape index (κ3) is 4.84. The van der Waals surface area contributed by atoms with Crippen molar-refractivity contribution in [3.8, 4) is 5.75 Å². The van der Waals surface area contributed by atoms with E-state index in [1.165, 1.54) is 5.57 Å². The number of hydrazone groups is 1. The van der Waals surface area contributed by atoms with E-state index in [1.807, 2.05) is 23.0 Å². The lowest BCUT2D eigenvalue weighted by molar-refractivity contribution is -0.441. The number of nitrogens with zero attached hydrogens (tertiary/aromatic N) is 2. The lowest BCUT2D eigenvalue weighted by atomic mass is 9.44. The maximum absolute atomic E-state index is 14.6. The molecule has 0 bridgehead atoms. The van der Waals surface area contributed by atoms with Crippen molar-refractivity contribution in [2.75, 3.05) is 6.61 Å². The zero-order valence-electron chi connectivity index (χ0n) is 29.6. The number of aliphatic hydroxyl groups excluding tert-OH is 1. The molecule has 9 heteroatoms. The molecule has 7 rings (SSSR count). The average Bonchev–Trinajstić information content (AvgIpc) is 3.63. The fraction of sp³-hybridized carbons (Fsp3) is 0.711. The first-order valence-electron chi connectivity index (χ1n) is 18.0. The van der Waals surface area contributed by atoms with E-state index in [1.54, 1.807) is 12.1 Å². The van der Waals surface area contributed by atoms with Gasteiger partial charge in [0.25, 0.3) is 0 Å². The van der Waals surface area contributed by atoms with E-state index in [4.69, 9.17) is 19.0 Å². The van der Waals surface area contributed by atoms with Crippen LogP contribution < -0.4 is 0 Å². The van der Waals surface area contributed by atoms with Crippen molar-refractivity contribution in [3.63, 3.8) is 0 Å². The molecule has 0 aromatic heterocycles. The Morgan fingerprint density at radius 1 is 1.21 bits per heavy atom. The van der Waals surface area contributed by atoms with E-state index in [0.29, 0.717) is 6.42 Å². The summed E-state index contributed by atoms with van der Waals surface area (Å²) in [5, 5.41) is 27.2. The predicted molar refractivity (Wildman–Crippen MR) is 184 cm³/mol. The van der Waals surface area contributed by atoms with Crippen LogP contribution in [-0.4, -0.2) is 71.6 Å². The van der Waals surface area contributed by atoms with Crippen molar-refractivity contribution < 1.29 is 33.6 Å². The second-order valence-electron chi connectivity index (χ2n) is 17.3. The highest BCUT2D eigenvalue weighted by atomic mass is 28.4. The molecule has 0 amide bonds. The van der Waals surface area contributed by atoms with Crippen LogP contribution in [0.2, 0.25) is 18.1 Å². The van der Waals surface area contributed by atoms with Gasteiger partial charge < -0.3 is 24.1 Å². The summed E-state index contributed by atoms with van der Waals surface area (Å²) in [6.45, 7) is 17.7. The van der Waals surface area contributed by atoms with Gasteiger partial charge >= 0.3 is 0 Å². The van der Waals surface area contributed by atoms with E-state index >= 15 is 0 Å². The summed E-state index contributed by atoms with van der Waals surface area (Å²) < 4.78 is 22.0. The Hall–Kier alpha value is -2.17. The number of Topliss-reactive ketones (excluding diaryl/α,β-unsaturated/α-hetero) is 1. The van der Waals surface area contributed by atoms with Crippen LogP contribution >= 0.6 is 0 Å². The van der Waals surface area contributed by atoms with Crippen molar-refractivity contribution in [2.24, 2.45) is 39.6 Å². The Bertz CT molecular complexity index is 1550. The number of fused-ring (bicyclic) bond motifs is 8. The molecule has 1 aromatic rings. The molecular formula is C38H55N2O6Si+. The number of rotatable bonds is 7. The van der Waals surface area contributed by atoms with Gasteiger partial charge in [-0.3, -0.25) is 4.79 Å². The van der Waals surface area contributed by atoms with Gasteiger partial charge in [-0.05, 0) is 95.7 Å². The summed E-state index contributed by atoms with van der Waals surface area (Å²) >= 11 is 0. The zero-order valence-corrected chi connectivity index (χ0v) is 30.6. The number of hydrogen-bond acceptors (Lipinski definition) is 7. The average molecular weight is 664 g/mol. The molecule has 2 heterocycles. The third-order valence-corrected chi connectivity index (χ3v) is 18.3. The fourth-order valence-electron chi connectivity index (χ4n) is 10.5. The highest BCUT2D eigenvalue weighted by molar-refractivity contribution is 6.74. The lowest BCUT2D eigenvalue weighted by Gasteiger charge is -2.60. The lowest BCUT2D eigenvalue weighted by Crippen LogP contribution is -2.64. The summed E-state index contributed by atoms with van der Waals surface area (Å²) in [4.78, 5) is 14.6. The summed E-state index contributed by atoms with van der Waals surface area (Å²) in [6, 6.07) is 7.25. The monoisotopic (exact) mass is 663 g/mol. The van der Waals surface area contributed by atoms with Crippen molar-refractivity contribution in [2.45, 2.75) is 129 Å². The molecule has 2 aliphatic heterocycles. The highest BCUT2D eigenvalue weighted by Gasteiger charge is 2.76. The molecule has 10 atom stereocenters. The van der Waals surface area contributed by atoms with E-state index in [9.17, 15) is 15.0 Å². The molecule has 1 saturated heterocycles. The van der Waals surface area contributed by atoms with E-state index in [0.717, 1.165) is 49.9 Å². The van der Waals surface area contributed by atoms with Crippen LogP contribution in [0.25, 0.3) is 0 Å². The molecule has 256 valence electrons. The number of aromatic hydroxyl groups is 1. The smallest absolute Gasteiger partial charge is 0.242 e. The van der Waals surface area contributed by atoms with Crippen LogP contribution in [0.15, 0.2) is 41.0 Å². The molecular weight excluding hydrogens is 609 g/mol. The van der Waals surface area contributed by atoms with E-state index < -0.39 is 31.7 Å². The number of carbonyl (C=O) groups is 1. The summed E-state index contributed by atoms with van der Waals surface area (Å²) in [5.74, 6) is 0.880. The maximum Gasteiger partial charge on any atom is 0.242 e. The number of aliphatic hydroxyl groups is 1. The first kappa shape index (κ1) is 33.3. The second-order valence-corrected chi connectivity index (χ2v) is 22.2. The number of ether oxygens (including phenoxy) is 2. The Balaban J connectivity index is 1.21. The van der Waals surface area contributed by atoms with Gasteiger partial charge in [-0.15, -0.1) is 0 Å². The normalized spacial score (nSPS) is 40.8. The van der Waals surface area contributed by atoms with Crippen LogP contribution in [0.5, 0.6) is 5.75 Å². The molecule has 6 aliphatic rings. The quantitative estimate of drug-likeness (QED) is 0.238. The van der Waals surface area contributed by atoms with E-state index in [2.05, 4.69) is 60.7 Å². The van der Waals surface area contributed by atoms with Gasteiger partial charge in [0.2, 0.25) is 11.4 Å². The number of ketones is 1. The highest BCUT2D eigenvalue weighted by Crippen LogP contribution is 2.70. The van der Waals surface area contributed by atoms with Crippen LogP contribution in [0, 0.1) is 34.5 Å². The molecule has 1 aromatic carbocycles. The van der Waals surface area contributed by atoms with Gasteiger partial charge in [-0.1, -0.05) is 59.6 Å². The minimum absolute atomic E-state index is 0.00435. The van der Waals surface area contributed by atoms with Crippen molar-refractivity contribution in [1.29, 1.82) is 0 Å². The Kier molecular flexibility index (Phi) is 7.92. The molecule has 4 fully saturated rings. The summed E-state index contributed by atoms with van der Waals surface area (Å²) in [6.07, 6.45) is 8.79. The van der Waals surface area contributed by atoms with Crippen LogP contribution in [0.1, 0.15) is 86.5 Å². The van der Waals surface area contributed by atoms with Gasteiger partial charge in [-0.2, -0.15) is 0 Å².